The molecule has 0 aliphatic heterocycles. The standard InChI is InChI=1S/C11H16BrNO/c1-4-8(13)10-7(3)11(12)6(2)5-9(10)14/h5,8,14H,4,13H2,1-3H3/t8-/m0/s1. The molecule has 0 fully saturated rings. The van der Waals surface area contributed by atoms with E-state index >= 15 is 0 Å². The van der Waals surface area contributed by atoms with Crippen LogP contribution in [0.2, 0.25) is 0 Å². The highest BCUT2D eigenvalue weighted by Gasteiger charge is 2.15. The molecule has 0 aromatic heterocycles. The molecule has 0 radical (unpaired) electrons. The summed E-state index contributed by atoms with van der Waals surface area (Å²) in [6.07, 6.45) is 0.823. The third kappa shape index (κ3) is 1.93. The average Bonchev–Trinajstić information content (AvgIpc) is 2.14. The Morgan fingerprint density at radius 1 is 1.50 bits per heavy atom. The van der Waals surface area contributed by atoms with E-state index in [-0.39, 0.29) is 6.04 Å². The van der Waals surface area contributed by atoms with Gasteiger partial charge in [0.2, 0.25) is 0 Å². The van der Waals surface area contributed by atoms with Crippen molar-refractivity contribution < 1.29 is 5.11 Å². The van der Waals surface area contributed by atoms with Crippen molar-refractivity contribution in [3.05, 3.63) is 27.2 Å². The molecule has 0 saturated heterocycles. The SMILES string of the molecule is CC[C@H](N)c1c(O)cc(C)c(Br)c1C. The van der Waals surface area contributed by atoms with Crippen LogP contribution in [0.25, 0.3) is 0 Å². The molecule has 3 heteroatoms. The average molecular weight is 258 g/mol. The molecule has 0 saturated carbocycles. The molecule has 0 heterocycles. The van der Waals surface area contributed by atoms with Gasteiger partial charge in [0.05, 0.1) is 0 Å². The van der Waals surface area contributed by atoms with Gasteiger partial charge in [-0.15, -0.1) is 0 Å². The van der Waals surface area contributed by atoms with Crippen molar-refractivity contribution in [2.75, 3.05) is 0 Å². The summed E-state index contributed by atoms with van der Waals surface area (Å²) in [5, 5.41) is 9.80. The molecule has 0 unspecified atom stereocenters. The van der Waals surface area contributed by atoms with Crippen LogP contribution < -0.4 is 5.73 Å². The number of halogens is 1. The van der Waals surface area contributed by atoms with Gasteiger partial charge >= 0.3 is 0 Å². The van der Waals surface area contributed by atoms with Crippen molar-refractivity contribution >= 4 is 15.9 Å². The van der Waals surface area contributed by atoms with Crippen LogP contribution in [0.15, 0.2) is 10.5 Å². The minimum absolute atomic E-state index is 0.0908. The highest BCUT2D eigenvalue weighted by molar-refractivity contribution is 9.10. The van der Waals surface area contributed by atoms with Crippen molar-refractivity contribution in [2.24, 2.45) is 5.73 Å². The molecular formula is C11H16BrNO. The molecule has 0 amide bonds. The Bertz CT molecular complexity index is 350. The van der Waals surface area contributed by atoms with E-state index in [0.29, 0.717) is 5.75 Å². The van der Waals surface area contributed by atoms with Gasteiger partial charge in [0.1, 0.15) is 5.75 Å². The molecule has 1 aromatic rings. The van der Waals surface area contributed by atoms with Gasteiger partial charge in [0.15, 0.2) is 0 Å². The third-order valence-corrected chi connectivity index (χ3v) is 3.74. The van der Waals surface area contributed by atoms with Crippen LogP contribution in [0.1, 0.15) is 36.1 Å². The number of aromatic hydroxyl groups is 1. The van der Waals surface area contributed by atoms with Gasteiger partial charge in [-0.1, -0.05) is 22.9 Å². The lowest BCUT2D eigenvalue weighted by Crippen LogP contribution is -2.11. The lowest BCUT2D eigenvalue weighted by Gasteiger charge is -2.17. The molecule has 1 atom stereocenters. The van der Waals surface area contributed by atoms with E-state index in [1.807, 2.05) is 20.8 Å². The fourth-order valence-corrected chi connectivity index (χ4v) is 1.95. The van der Waals surface area contributed by atoms with Crippen LogP contribution >= 0.6 is 15.9 Å². The van der Waals surface area contributed by atoms with Gasteiger partial charge in [-0.3, -0.25) is 0 Å². The number of rotatable bonds is 2. The van der Waals surface area contributed by atoms with E-state index < -0.39 is 0 Å². The van der Waals surface area contributed by atoms with E-state index in [2.05, 4.69) is 15.9 Å². The monoisotopic (exact) mass is 257 g/mol. The van der Waals surface area contributed by atoms with Gasteiger partial charge in [-0.05, 0) is 37.5 Å². The predicted octanol–water partition coefficient (Wildman–Crippen LogP) is 3.18. The molecule has 78 valence electrons. The number of phenolic OH excluding ortho intramolecular Hbond substituents is 1. The maximum absolute atomic E-state index is 9.80. The molecule has 0 bridgehead atoms. The normalized spacial score (nSPS) is 12.9. The molecule has 0 aliphatic carbocycles. The second-order valence-corrected chi connectivity index (χ2v) is 4.37. The summed E-state index contributed by atoms with van der Waals surface area (Å²) >= 11 is 3.49. The fraction of sp³-hybridized carbons (Fsp3) is 0.455. The first-order valence-corrected chi connectivity index (χ1v) is 5.52. The smallest absolute Gasteiger partial charge is 0.120 e. The number of aryl methyl sites for hydroxylation is 1. The van der Waals surface area contributed by atoms with Gasteiger partial charge < -0.3 is 10.8 Å². The molecule has 14 heavy (non-hydrogen) atoms. The van der Waals surface area contributed by atoms with Crippen LogP contribution in [-0.4, -0.2) is 5.11 Å². The van der Waals surface area contributed by atoms with Crippen LogP contribution in [0, 0.1) is 13.8 Å². The first kappa shape index (κ1) is 11.5. The summed E-state index contributed by atoms with van der Waals surface area (Å²) in [6, 6.07) is 1.66. The summed E-state index contributed by atoms with van der Waals surface area (Å²) in [6.45, 7) is 5.94. The Morgan fingerprint density at radius 3 is 2.57 bits per heavy atom. The Balaban J connectivity index is 3.36. The van der Waals surface area contributed by atoms with E-state index in [1.165, 1.54) is 0 Å². The van der Waals surface area contributed by atoms with Gasteiger partial charge in [0.25, 0.3) is 0 Å². The second-order valence-electron chi connectivity index (χ2n) is 3.58. The highest BCUT2D eigenvalue weighted by Crippen LogP contribution is 2.35. The van der Waals surface area contributed by atoms with Crippen LogP contribution in [0.4, 0.5) is 0 Å². The maximum atomic E-state index is 9.80. The Kier molecular flexibility index (Phi) is 3.56. The summed E-state index contributed by atoms with van der Waals surface area (Å²) in [5.74, 6) is 0.303. The Morgan fingerprint density at radius 2 is 2.07 bits per heavy atom. The summed E-state index contributed by atoms with van der Waals surface area (Å²) < 4.78 is 1.04. The zero-order valence-corrected chi connectivity index (χ0v) is 10.4. The molecule has 1 rings (SSSR count). The fourth-order valence-electron chi connectivity index (χ4n) is 1.62. The quantitative estimate of drug-likeness (QED) is 0.855. The van der Waals surface area contributed by atoms with Gasteiger partial charge in [-0.2, -0.15) is 0 Å². The van der Waals surface area contributed by atoms with E-state index in [0.717, 1.165) is 27.6 Å². The van der Waals surface area contributed by atoms with E-state index in [4.69, 9.17) is 5.73 Å². The topological polar surface area (TPSA) is 46.2 Å². The number of hydrogen-bond donors (Lipinski definition) is 2. The Labute approximate surface area is 93.3 Å². The first-order chi connectivity index (χ1) is 6.49. The molecule has 2 nitrogen and oxygen atoms in total. The van der Waals surface area contributed by atoms with E-state index in [1.54, 1.807) is 6.07 Å². The second kappa shape index (κ2) is 4.32. The van der Waals surface area contributed by atoms with Crippen molar-refractivity contribution in [1.29, 1.82) is 0 Å². The largest absolute Gasteiger partial charge is 0.508 e. The molecule has 0 aliphatic rings. The number of benzene rings is 1. The third-order valence-electron chi connectivity index (χ3n) is 2.52. The molecule has 0 spiro atoms. The molecular weight excluding hydrogens is 242 g/mol. The zero-order chi connectivity index (χ0) is 10.9. The zero-order valence-electron chi connectivity index (χ0n) is 8.76. The van der Waals surface area contributed by atoms with Crippen molar-refractivity contribution in [2.45, 2.75) is 33.2 Å². The maximum Gasteiger partial charge on any atom is 0.120 e. The van der Waals surface area contributed by atoms with Crippen molar-refractivity contribution in [1.82, 2.24) is 0 Å². The van der Waals surface area contributed by atoms with Crippen molar-refractivity contribution in [3.63, 3.8) is 0 Å². The molecule has 3 N–H and O–H groups in total. The van der Waals surface area contributed by atoms with Gasteiger partial charge in [0, 0.05) is 16.1 Å². The van der Waals surface area contributed by atoms with Crippen molar-refractivity contribution in [3.8, 4) is 5.75 Å². The lowest BCUT2D eigenvalue weighted by molar-refractivity contribution is 0.458. The van der Waals surface area contributed by atoms with Crippen LogP contribution in [0.5, 0.6) is 5.75 Å². The number of hydrogen-bond acceptors (Lipinski definition) is 2. The molecule has 1 aromatic carbocycles. The van der Waals surface area contributed by atoms with Crippen LogP contribution in [0.3, 0.4) is 0 Å². The van der Waals surface area contributed by atoms with Crippen LogP contribution in [-0.2, 0) is 0 Å². The highest BCUT2D eigenvalue weighted by atomic mass is 79.9. The summed E-state index contributed by atoms with van der Waals surface area (Å²) in [4.78, 5) is 0. The van der Waals surface area contributed by atoms with E-state index in [9.17, 15) is 5.11 Å². The Hall–Kier alpha value is -0.540. The van der Waals surface area contributed by atoms with Gasteiger partial charge in [-0.25, -0.2) is 0 Å². The number of nitrogens with two attached hydrogens (primary N) is 1. The predicted molar refractivity (Wildman–Crippen MR) is 62.5 cm³/mol. The lowest BCUT2D eigenvalue weighted by atomic mass is 9.97. The summed E-state index contributed by atoms with van der Waals surface area (Å²) in [5.41, 5.74) is 8.86. The first-order valence-electron chi connectivity index (χ1n) is 4.73. The minimum atomic E-state index is -0.0908. The minimum Gasteiger partial charge on any atom is -0.508 e. The number of phenols is 1. The summed E-state index contributed by atoms with van der Waals surface area (Å²) in [7, 11) is 0.